The Morgan fingerprint density at radius 1 is 1.12 bits per heavy atom. The van der Waals surface area contributed by atoms with Crippen LogP contribution in [0.25, 0.3) is 0 Å². The molecule has 1 aromatic heterocycles. The molecule has 1 saturated carbocycles. The van der Waals surface area contributed by atoms with Crippen molar-refractivity contribution in [3.63, 3.8) is 0 Å². The van der Waals surface area contributed by atoms with Gasteiger partial charge in [-0.1, -0.05) is 23.9 Å². The fourth-order valence-electron chi connectivity index (χ4n) is 3.75. The summed E-state index contributed by atoms with van der Waals surface area (Å²) in [7, 11) is 0. The maximum atomic E-state index is 12.6. The molecule has 1 saturated heterocycles. The van der Waals surface area contributed by atoms with Gasteiger partial charge in [0.25, 0.3) is 0 Å². The van der Waals surface area contributed by atoms with Crippen molar-refractivity contribution in [1.29, 1.82) is 0 Å². The standard InChI is InChI=1S/C24H27N5O3S/c1-17-3-2-4-21(15-17)32-20-9-5-18(6-10-20)25-22(30)16-33-24-27-26-23(29(24)19-7-8-19)28-11-13-31-14-12-28/h2-6,9-10,15,19H,7-8,11-14,16H2,1H3,(H,25,30). The molecule has 9 heteroatoms. The van der Waals surface area contributed by atoms with E-state index in [-0.39, 0.29) is 11.7 Å². The lowest BCUT2D eigenvalue weighted by Gasteiger charge is -2.27. The Balaban J connectivity index is 1.17. The molecule has 33 heavy (non-hydrogen) atoms. The highest BCUT2D eigenvalue weighted by Crippen LogP contribution is 2.41. The average molecular weight is 466 g/mol. The molecule has 3 aromatic rings. The largest absolute Gasteiger partial charge is 0.457 e. The number of benzene rings is 2. The number of morpholine rings is 1. The van der Waals surface area contributed by atoms with Crippen molar-refractivity contribution in [3.8, 4) is 11.5 Å². The summed E-state index contributed by atoms with van der Waals surface area (Å²) in [5.41, 5.74) is 1.87. The lowest BCUT2D eigenvalue weighted by molar-refractivity contribution is -0.113. The van der Waals surface area contributed by atoms with E-state index < -0.39 is 0 Å². The molecule has 2 aromatic carbocycles. The molecular formula is C24H27N5O3S. The number of carbonyl (C=O) groups excluding carboxylic acids is 1. The first-order valence-corrected chi connectivity index (χ1v) is 12.2. The van der Waals surface area contributed by atoms with Crippen LogP contribution in [0, 0.1) is 6.92 Å². The van der Waals surface area contributed by atoms with E-state index in [1.54, 1.807) is 0 Å². The molecule has 1 N–H and O–H groups in total. The van der Waals surface area contributed by atoms with Gasteiger partial charge in [-0.3, -0.25) is 9.36 Å². The Kier molecular flexibility index (Phi) is 6.50. The highest BCUT2D eigenvalue weighted by Gasteiger charge is 2.32. The number of nitrogens with one attached hydrogen (secondary N) is 1. The molecule has 8 nitrogen and oxygen atoms in total. The van der Waals surface area contributed by atoms with Crippen molar-refractivity contribution < 1.29 is 14.3 Å². The molecule has 2 aliphatic rings. The van der Waals surface area contributed by atoms with E-state index in [1.165, 1.54) is 11.8 Å². The molecule has 2 heterocycles. The summed E-state index contributed by atoms with van der Waals surface area (Å²) in [6, 6.07) is 15.7. The number of carbonyl (C=O) groups is 1. The second kappa shape index (κ2) is 9.84. The first-order chi connectivity index (χ1) is 16.2. The van der Waals surface area contributed by atoms with Crippen LogP contribution < -0.4 is 15.0 Å². The maximum absolute atomic E-state index is 12.6. The molecule has 172 valence electrons. The van der Waals surface area contributed by atoms with Gasteiger partial charge in [-0.2, -0.15) is 0 Å². The monoisotopic (exact) mass is 465 g/mol. The van der Waals surface area contributed by atoms with E-state index in [0.717, 1.165) is 59.8 Å². The number of anilines is 2. The number of hydrogen-bond donors (Lipinski definition) is 1. The van der Waals surface area contributed by atoms with Crippen LogP contribution in [-0.4, -0.2) is 52.7 Å². The molecule has 1 aliphatic carbocycles. The van der Waals surface area contributed by atoms with Crippen molar-refractivity contribution >= 4 is 29.3 Å². The zero-order valence-electron chi connectivity index (χ0n) is 18.6. The van der Waals surface area contributed by atoms with E-state index in [9.17, 15) is 4.79 Å². The fourth-order valence-corrected chi connectivity index (χ4v) is 4.55. The van der Waals surface area contributed by atoms with Gasteiger partial charge in [0.15, 0.2) is 5.16 Å². The summed E-state index contributed by atoms with van der Waals surface area (Å²) in [5.74, 6) is 2.61. The van der Waals surface area contributed by atoms with Gasteiger partial charge in [0.05, 0.1) is 19.0 Å². The minimum atomic E-state index is -0.0781. The summed E-state index contributed by atoms with van der Waals surface area (Å²) in [5, 5.41) is 12.6. The fraction of sp³-hybridized carbons (Fsp3) is 0.375. The number of nitrogens with zero attached hydrogens (tertiary/aromatic N) is 4. The predicted molar refractivity (Wildman–Crippen MR) is 128 cm³/mol. The lowest BCUT2D eigenvalue weighted by Crippen LogP contribution is -2.38. The van der Waals surface area contributed by atoms with Gasteiger partial charge in [-0.15, -0.1) is 10.2 Å². The topological polar surface area (TPSA) is 81.5 Å². The second-order valence-electron chi connectivity index (χ2n) is 8.26. The molecule has 0 radical (unpaired) electrons. The van der Waals surface area contributed by atoms with Gasteiger partial charge in [-0.25, -0.2) is 0 Å². The Bertz CT molecular complexity index is 1110. The quantitative estimate of drug-likeness (QED) is 0.497. The van der Waals surface area contributed by atoms with Gasteiger partial charge in [0.1, 0.15) is 11.5 Å². The van der Waals surface area contributed by atoms with Gasteiger partial charge >= 0.3 is 0 Å². The van der Waals surface area contributed by atoms with Crippen molar-refractivity contribution in [2.75, 3.05) is 42.3 Å². The third-order valence-electron chi connectivity index (χ3n) is 5.55. The maximum Gasteiger partial charge on any atom is 0.234 e. The number of ether oxygens (including phenoxy) is 2. The minimum absolute atomic E-state index is 0.0781. The van der Waals surface area contributed by atoms with Crippen LogP contribution in [0.2, 0.25) is 0 Å². The summed E-state index contributed by atoms with van der Waals surface area (Å²) >= 11 is 1.43. The Morgan fingerprint density at radius 3 is 2.64 bits per heavy atom. The van der Waals surface area contributed by atoms with Crippen LogP contribution in [0.15, 0.2) is 53.7 Å². The molecule has 0 spiro atoms. The van der Waals surface area contributed by atoms with Gasteiger partial charge in [0, 0.05) is 24.8 Å². The number of aromatic nitrogens is 3. The summed E-state index contributed by atoms with van der Waals surface area (Å²) in [6.45, 7) is 5.08. The van der Waals surface area contributed by atoms with Crippen LogP contribution in [0.5, 0.6) is 11.5 Å². The van der Waals surface area contributed by atoms with Gasteiger partial charge < -0.3 is 19.7 Å². The Hall–Kier alpha value is -3.04. The Morgan fingerprint density at radius 2 is 1.91 bits per heavy atom. The van der Waals surface area contributed by atoms with Crippen molar-refractivity contribution in [3.05, 3.63) is 54.1 Å². The average Bonchev–Trinajstić information content (AvgIpc) is 3.58. The molecule has 0 bridgehead atoms. The third-order valence-corrected chi connectivity index (χ3v) is 6.49. The normalized spacial score (nSPS) is 16.0. The molecule has 5 rings (SSSR count). The summed E-state index contributed by atoms with van der Waals surface area (Å²) < 4.78 is 13.5. The van der Waals surface area contributed by atoms with E-state index >= 15 is 0 Å². The van der Waals surface area contributed by atoms with E-state index in [0.29, 0.717) is 19.3 Å². The first kappa shape index (κ1) is 21.8. The second-order valence-corrected chi connectivity index (χ2v) is 9.21. The van der Waals surface area contributed by atoms with Crippen molar-refractivity contribution in [2.45, 2.75) is 31.0 Å². The summed E-state index contributed by atoms with van der Waals surface area (Å²) in [6.07, 6.45) is 2.26. The number of amides is 1. The van der Waals surface area contributed by atoms with Gasteiger partial charge in [0.2, 0.25) is 11.9 Å². The van der Waals surface area contributed by atoms with Crippen molar-refractivity contribution in [2.24, 2.45) is 0 Å². The highest BCUT2D eigenvalue weighted by atomic mass is 32.2. The van der Waals surface area contributed by atoms with Gasteiger partial charge in [-0.05, 0) is 61.7 Å². The van der Waals surface area contributed by atoms with E-state index in [2.05, 4.69) is 25.0 Å². The smallest absolute Gasteiger partial charge is 0.234 e. The Labute approximate surface area is 197 Å². The van der Waals surface area contributed by atoms with Crippen LogP contribution >= 0.6 is 11.8 Å². The SMILES string of the molecule is Cc1cccc(Oc2ccc(NC(=O)CSc3nnc(N4CCOCC4)n3C3CC3)cc2)c1. The highest BCUT2D eigenvalue weighted by molar-refractivity contribution is 7.99. The molecule has 2 fully saturated rings. The van der Waals surface area contributed by atoms with Crippen LogP contribution in [-0.2, 0) is 9.53 Å². The third kappa shape index (κ3) is 5.48. The summed E-state index contributed by atoms with van der Waals surface area (Å²) in [4.78, 5) is 14.8. The molecule has 1 amide bonds. The zero-order valence-corrected chi connectivity index (χ0v) is 19.4. The predicted octanol–water partition coefficient (Wildman–Crippen LogP) is 4.28. The lowest BCUT2D eigenvalue weighted by atomic mass is 10.2. The number of thioether (sulfide) groups is 1. The number of hydrogen-bond acceptors (Lipinski definition) is 7. The van der Waals surface area contributed by atoms with E-state index in [4.69, 9.17) is 9.47 Å². The first-order valence-electron chi connectivity index (χ1n) is 11.2. The van der Waals surface area contributed by atoms with Crippen molar-refractivity contribution in [1.82, 2.24) is 14.8 Å². The molecular weight excluding hydrogens is 438 g/mol. The molecule has 0 unspecified atom stereocenters. The zero-order chi connectivity index (χ0) is 22.6. The minimum Gasteiger partial charge on any atom is -0.457 e. The van der Waals surface area contributed by atoms with Crippen LogP contribution in [0.3, 0.4) is 0 Å². The molecule has 0 atom stereocenters. The number of aryl methyl sites for hydroxylation is 1. The van der Waals surface area contributed by atoms with Crippen LogP contribution in [0.4, 0.5) is 11.6 Å². The van der Waals surface area contributed by atoms with E-state index in [1.807, 2.05) is 55.5 Å². The van der Waals surface area contributed by atoms with Crippen LogP contribution in [0.1, 0.15) is 24.4 Å². The molecule has 1 aliphatic heterocycles. The number of rotatable bonds is 8.